The number of aromatic nitrogens is 1. The Bertz CT molecular complexity index is 726. The zero-order valence-electron chi connectivity index (χ0n) is 12.1. The molecule has 0 aliphatic rings. The predicted octanol–water partition coefficient (Wildman–Crippen LogP) is 2.26. The Morgan fingerprint density at radius 2 is 2.14 bits per heavy atom. The molecule has 0 unspecified atom stereocenters. The highest BCUT2D eigenvalue weighted by Crippen LogP contribution is 2.15. The summed E-state index contributed by atoms with van der Waals surface area (Å²) in [7, 11) is 0. The largest absolute Gasteiger partial charge is 0.320 e. The van der Waals surface area contributed by atoms with Crippen molar-refractivity contribution in [1.29, 1.82) is 0 Å². The Morgan fingerprint density at radius 3 is 2.86 bits per heavy atom. The van der Waals surface area contributed by atoms with E-state index in [4.69, 9.17) is 5.73 Å². The van der Waals surface area contributed by atoms with Gasteiger partial charge in [0.25, 0.3) is 5.91 Å². The summed E-state index contributed by atoms with van der Waals surface area (Å²) in [6.45, 7) is 4.10. The average molecular weight is 279 g/mol. The smallest absolute Gasteiger partial charge is 0.255 e. The number of pyridine rings is 1. The predicted molar refractivity (Wildman–Crippen MR) is 84.0 cm³/mol. The molecule has 0 atom stereocenters. The molecule has 4 nitrogen and oxygen atoms in total. The Labute approximate surface area is 124 Å². The van der Waals surface area contributed by atoms with E-state index in [9.17, 15) is 4.79 Å². The van der Waals surface area contributed by atoms with Crippen molar-refractivity contribution in [2.45, 2.75) is 13.8 Å². The first-order valence-corrected chi connectivity index (χ1v) is 6.64. The molecule has 106 valence electrons. The molecule has 2 rings (SSSR count). The fourth-order valence-corrected chi connectivity index (χ4v) is 1.86. The molecule has 0 saturated heterocycles. The van der Waals surface area contributed by atoms with Crippen LogP contribution in [0.25, 0.3) is 0 Å². The molecule has 0 aliphatic heterocycles. The minimum atomic E-state index is -0.179. The lowest BCUT2D eigenvalue weighted by Gasteiger charge is -2.08. The molecular formula is C17H17N3O. The highest BCUT2D eigenvalue weighted by Gasteiger charge is 2.09. The van der Waals surface area contributed by atoms with Crippen molar-refractivity contribution in [3.05, 3.63) is 58.9 Å². The number of hydrogen-bond acceptors (Lipinski definition) is 3. The van der Waals surface area contributed by atoms with E-state index in [0.29, 0.717) is 17.8 Å². The second kappa shape index (κ2) is 6.69. The normalized spacial score (nSPS) is 9.67. The summed E-state index contributed by atoms with van der Waals surface area (Å²) in [5.74, 6) is 5.60. The average Bonchev–Trinajstić information content (AvgIpc) is 2.48. The van der Waals surface area contributed by atoms with E-state index in [0.717, 1.165) is 16.8 Å². The molecule has 0 fully saturated rings. The molecule has 2 aromatic rings. The first-order valence-electron chi connectivity index (χ1n) is 6.64. The lowest BCUT2D eigenvalue weighted by molar-refractivity contribution is 0.102. The van der Waals surface area contributed by atoms with E-state index in [1.807, 2.05) is 26.0 Å². The van der Waals surface area contributed by atoms with Gasteiger partial charge in [0, 0.05) is 17.3 Å². The van der Waals surface area contributed by atoms with Crippen LogP contribution in [0.4, 0.5) is 5.69 Å². The number of nitrogens with two attached hydrogens (primary N) is 1. The van der Waals surface area contributed by atoms with Crippen LogP contribution in [0.3, 0.4) is 0 Å². The fourth-order valence-electron chi connectivity index (χ4n) is 1.86. The number of amides is 1. The first-order chi connectivity index (χ1) is 10.1. The maximum Gasteiger partial charge on any atom is 0.255 e. The van der Waals surface area contributed by atoms with Crippen molar-refractivity contribution in [1.82, 2.24) is 4.98 Å². The third kappa shape index (κ3) is 3.68. The Morgan fingerprint density at radius 1 is 1.33 bits per heavy atom. The van der Waals surface area contributed by atoms with Crippen LogP contribution in [0.2, 0.25) is 0 Å². The number of benzene rings is 1. The van der Waals surface area contributed by atoms with Crippen molar-refractivity contribution < 1.29 is 4.79 Å². The second-order valence-corrected chi connectivity index (χ2v) is 4.63. The standard InChI is InChI=1S/C17H17N3O/c1-12-7-8-15(11-14(12)5-3-9-18)17(21)20-16-6-4-10-19-13(16)2/h4,6-8,10-11H,9,18H2,1-2H3,(H,20,21). The molecule has 4 heteroatoms. The van der Waals surface area contributed by atoms with E-state index in [2.05, 4.69) is 22.1 Å². The van der Waals surface area contributed by atoms with Crippen LogP contribution in [0.5, 0.6) is 0 Å². The quantitative estimate of drug-likeness (QED) is 0.829. The van der Waals surface area contributed by atoms with Crippen molar-refractivity contribution >= 4 is 11.6 Å². The van der Waals surface area contributed by atoms with Gasteiger partial charge in [0.2, 0.25) is 0 Å². The minimum absolute atomic E-state index is 0.179. The number of hydrogen-bond donors (Lipinski definition) is 2. The third-order valence-electron chi connectivity index (χ3n) is 3.08. The molecule has 3 N–H and O–H groups in total. The lowest BCUT2D eigenvalue weighted by Crippen LogP contribution is -2.13. The number of nitrogens with zero attached hydrogens (tertiary/aromatic N) is 1. The van der Waals surface area contributed by atoms with Crippen LogP contribution in [0.15, 0.2) is 36.5 Å². The number of aryl methyl sites for hydroxylation is 2. The van der Waals surface area contributed by atoms with E-state index < -0.39 is 0 Å². The van der Waals surface area contributed by atoms with Gasteiger partial charge in [0.1, 0.15) is 0 Å². The molecule has 21 heavy (non-hydrogen) atoms. The third-order valence-corrected chi connectivity index (χ3v) is 3.08. The van der Waals surface area contributed by atoms with E-state index in [-0.39, 0.29) is 5.91 Å². The van der Waals surface area contributed by atoms with E-state index >= 15 is 0 Å². The molecular weight excluding hydrogens is 262 g/mol. The van der Waals surface area contributed by atoms with Gasteiger partial charge in [-0.3, -0.25) is 9.78 Å². The van der Waals surface area contributed by atoms with Gasteiger partial charge in [-0.05, 0) is 43.7 Å². The molecule has 1 amide bonds. The molecule has 1 heterocycles. The minimum Gasteiger partial charge on any atom is -0.320 e. The fraction of sp³-hybridized carbons (Fsp3) is 0.176. The van der Waals surface area contributed by atoms with Crippen molar-refractivity contribution in [3.8, 4) is 11.8 Å². The van der Waals surface area contributed by atoms with Crippen molar-refractivity contribution in [3.63, 3.8) is 0 Å². The van der Waals surface area contributed by atoms with Gasteiger partial charge in [-0.25, -0.2) is 0 Å². The maximum atomic E-state index is 12.3. The number of rotatable bonds is 2. The van der Waals surface area contributed by atoms with Gasteiger partial charge in [-0.2, -0.15) is 0 Å². The molecule has 0 bridgehead atoms. The van der Waals surface area contributed by atoms with Crippen LogP contribution in [-0.2, 0) is 0 Å². The number of carbonyl (C=O) groups is 1. The lowest BCUT2D eigenvalue weighted by atomic mass is 10.0. The molecule has 0 saturated carbocycles. The Hall–Kier alpha value is -2.64. The second-order valence-electron chi connectivity index (χ2n) is 4.63. The summed E-state index contributed by atoms with van der Waals surface area (Å²) in [4.78, 5) is 16.4. The first kappa shape index (κ1) is 14.8. The maximum absolute atomic E-state index is 12.3. The summed E-state index contributed by atoms with van der Waals surface area (Å²) in [5, 5.41) is 2.85. The van der Waals surface area contributed by atoms with E-state index in [1.165, 1.54) is 0 Å². The van der Waals surface area contributed by atoms with Crippen LogP contribution >= 0.6 is 0 Å². The Balaban J connectivity index is 2.26. The summed E-state index contributed by atoms with van der Waals surface area (Å²) >= 11 is 0. The monoisotopic (exact) mass is 279 g/mol. The van der Waals surface area contributed by atoms with Gasteiger partial charge < -0.3 is 11.1 Å². The SMILES string of the molecule is Cc1ccc(C(=O)Nc2cccnc2C)cc1C#CCN. The number of anilines is 1. The summed E-state index contributed by atoms with van der Waals surface area (Å²) < 4.78 is 0. The summed E-state index contributed by atoms with van der Waals surface area (Å²) in [5.41, 5.74) is 9.26. The summed E-state index contributed by atoms with van der Waals surface area (Å²) in [6.07, 6.45) is 1.69. The van der Waals surface area contributed by atoms with Crippen molar-refractivity contribution in [2.75, 3.05) is 11.9 Å². The molecule has 0 radical (unpaired) electrons. The van der Waals surface area contributed by atoms with Crippen LogP contribution in [-0.4, -0.2) is 17.4 Å². The van der Waals surface area contributed by atoms with Gasteiger partial charge in [-0.1, -0.05) is 17.9 Å². The molecule has 1 aromatic carbocycles. The molecule has 1 aromatic heterocycles. The number of carbonyl (C=O) groups excluding carboxylic acids is 1. The van der Waals surface area contributed by atoms with Gasteiger partial charge in [0.15, 0.2) is 0 Å². The zero-order chi connectivity index (χ0) is 15.2. The van der Waals surface area contributed by atoms with Gasteiger partial charge >= 0.3 is 0 Å². The molecule has 0 spiro atoms. The zero-order valence-corrected chi connectivity index (χ0v) is 12.1. The highest BCUT2D eigenvalue weighted by atomic mass is 16.1. The highest BCUT2D eigenvalue weighted by molar-refractivity contribution is 6.04. The van der Waals surface area contributed by atoms with Crippen LogP contribution in [0, 0.1) is 25.7 Å². The number of nitrogens with one attached hydrogen (secondary N) is 1. The van der Waals surface area contributed by atoms with E-state index in [1.54, 1.807) is 24.4 Å². The topological polar surface area (TPSA) is 68.0 Å². The summed E-state index contributed by atoms with van der Waals surface area (Å²) in [6, 6.07) is 9.05. The molecule has 0 aliphatic carbocycles. The van der Waals surface area contributed by atoms with Gasteiger partial charge in [-0.15, -0.1) is 0 Å². The van der Waals surface area contributed by atoms with Gasteiger partial charge in [0.05, 0.1) is 17.9 Å². The Kier molecular flexibility index (Phi) is 4.70. The van der Waals surface area contributed by atoms with Crippen LogP contribution in [0.1, 0.15) is 27.2 Å². The van der Waals surface area contributed by atoms with Crippen LogP contribution < -0.4 is 11.1 Å². The van der Waals surface area contributed by atoms with Crippen molar-refractivity contribution in [2.24, 2.45) is 5.73 Å².